The SMILES string of the molecule is CC1=CNC(n2cc(I)cc(C(C)(C)O)c2=O)C=C1n1c(C)cc(OCc2ncc(F)cc2F)c(Cl)c1=O. The Labute approximate surface area is 235 Å². The van der Waals surface area contributed by atoms with Crippen LogP contribution < -0.4 is 21.2 Å². The first kappa shape index (κ1) is 28.0. The van der Waals surface area contributed by atoms with Crippen LogP contribution in [0.25, 0.3) is 5.70 Å². The molecule has 38 heavy (non-hydrogen) atoms. The molecule has 0 aromatic carbocycles. The maximum atomic E-state index is 13.9. The quantitative estimate of drug-likeness (QED) is 0.377. The zero-order chi connectivity index (χ0) is 27.9. The van der Waals surface area contributed by atoms with E-state index in [4.69, 9.17) is 16.3 Å². The fourth-order valence-corrected chi connectivity index (χ4v) is 4.82. The van der Waals surface area contributed by atoms with Crippen LogP contribution in [0, 0.1) is 22.1 Å². The Bertz CT molecular complexity index is 1610. The van der Waals surface area contributed by atoms with Gasteiger partial charge in [-0.1, -0.05) is 11.6 Å². The third-order valence-corrected chi connectivity index (χ3v) is 6.89. The van der Waals surface area contributed by atoms with Crippen molar-refractivity contribution in [2.24, 2.45) is 0 Å². The smallest absolute Gasteiger partial charge is 0.277 e. The van der Waals surface area contributed by atoms with E-state index in [0.29, 0.717) is 23.0 Å². The molecule has 3 aromatic heterocycles. The molecule has 0 bridgehead atoms. The molecule has 3 aromatic rings. The zero-order valence-electron chi connectivity index (χ0n) is 20.9. The van der Waals surface area contributed by atoms with Crippen molar-refractivity contribution in [3.05, 3.63) is 106 Å². The van der Waals surface area contributed by atoms with E-state index in [2.05, 4.69) is 32.9 Å². The number of aryl methyl sites for hydroxylation is 1. The van der Waals surface area contributed by atoms with Gasteiger partial charge in [0.15, 0.2) is 5.82 Å². The Morgan fingerprint density at radius 3 is 2.58 bits per heavy atom. The number of hydrogen-bond donors (Lipinski definition) is 2. The molecule has 0 saturated carbocycles. The lowest BCUT2D eigenvalue weighted by atomic mass is 10.00. The first-order chi connectivity index (χ1) is 17.8. The van der Waals surface area contributed by atoms with Crippen molar-refractivity contribution in [1.29, 1.82) is 0 Å². The van der Waals surface area contributed by atoms with Gasteiger partial charge in [0.05, 0.1) is 17.5 Å². The molecule has 1 aliphatic rings. The highest BCUT2D eigenvalue weighted by Crippen LogP contribution is 2.29. The molecule has 8 nitrogen and oxygen atoms in total. The minimum absolute atomic E-state index is 0.0207. The molecule has 0 radical (unpaired) electrons. The number of dihydropyridines is 1. The summed E-state index contributed by atoms with van der Waals surface area (Å²) in [4.78, 5) is 30.2. The van der Waals surface area contributed by atoms with E-state index in [1.54, 1.807) is 52.2 Å². The summed E-state index contributed by atoms with van der Waals surface area (Å²) in [6.07, 6.45) is 5.25. The van der Waals surface area contributed by atoms with Gasteiger partial charge in [-0.15, -0.1) is 0 Å². The minimum atomic E-state index is -1.35. The molecule has 1 unspecified atom stereocenters. The summed E-state index contributed by atoms with van der Waals surface area (Å²) < 4.78 is 36.2. The summed E-state index contributed by atoms with van der Waals surface area (Å²) in [5, 5.41) is 13.4. The van der Waals surface area contributed by atoms with Crippen LogP contribution in [0.5, 0.6) is 5.75 Å². The van der Waals surface area contributed by atoms with Crippen molar-refractivity contribution in [3.8, 4) is 5.75 Å². The van der Waals surface area contributed by atoms with Gasteiger partial charge in [-0.25, -0.2) is 8.78 Å². The highest BCUT2D eigenvalue weighted by atomic mass is 127. The molecule has 1 atom stereocenters. The van der Waals surface area contributed by atoms with Gasteiger partial charge in [-0.3, -0.25) is 23.7 Å². The number of pyridine rings is 3. The standard InChI is InChI=1S/C26H24ClF2IN4O4/c1-13-9-32-22(33-11-16(30)7-17(24(33)35)26(3,4)37)8-20(13)34-14(2)5-21(23(27)25(34)36)38-12-19-18(29)6-15(28)10-31-19/h5-11,22,32,37H,12H2,1-4H3. The Morgan fingerprint density at radius 1 is 1.21 bits per heavy atom. The summed E-state index contributed by atoms with van der Waals surface area (Å²) >= 11 is 8.43. The lowest BCUT2D eigenvalue weighted by Gasteiger charge is -2.27. The van der Waals surface area contributed by atoms with E-state index in [-0.39, 0.29) is 34.2 Å². The molecule has 0 saturated heterocycles. The van der Waals surface area contributed by atoms with Crippen molar-refractivity contribution < 1.29 is 18.6 Å². The summed E-state index contributed by atoms with van der Waals surface area (Å²) in [5.41, 5.74) is -0.559. The molecule has 1 aliphatic heterocycles. The number of rotatable bonds is 6. The number of aromatic nitrogens is 3. The van der Waals surface area contributed by atoms with Gasteiger partial charge in [0.2, 0.25) is 0 Å². The van der Waals surface area contributed by atoms with Crippen molar-refractivity contribution >= 4 is 39.9 Å². The average molecular weight is 657 g/mol. The summed E-state index contributed by atoms with van der Waals surface area (Å²) in [6.45, 7) is 6.19. The van der Waals surface area contributed by atoms with E-state index >= 15 is 0 Å². The third-order valence-electron chi connectivity index (χ3n) is 5.95. The second-order valence-electron chi connectivity index (χ2n) is 9.31. The predicted molar refractivity (Wildman–Crippen MR) is 148 cm³/mol. The van der Waals surface area contributed by atoms with E-state index in [1.807, 2.05) is 0 Å². The second-order valence-corrected chi connectivity index (χ2v) is 10.9. The zero-order valence-corrected chi connectivity index (χ0v) is 23.8. The van der Waals surface area contributed by atoms with E-state index < -0.39 is 29.0 Å². The number of nitrogens with one attached hydrogen (secondary N) is 1. The first-order valence-electron chi connectivity index (χ1n) is 11.4. The number of halogens is 4. The van der Waals surface area contributed by atoms with Crippen molar-refractivity contribution in [2.75, 3.05) is 0 Å². The summed E-state index contributed by atoms with van der Waals surface area (Å²) in [6, 6.07) is 3.85. The number of hydrogen-bond acceptors (Lipinski definition) is 6. The van der Waals surface area contributed by atoms with Crippen LogP contribution in [0.2, 0.25) is 5.02 Å². The highest BCUT2D eigenvalue weighted by molar-refractivity contribution is 14.1. The molecule has 0 fully saturated rings. The molecule has 0 spiro atoms. The van der Waals surface area contributed by atoms with Crippen molar-refractivity contribution in [1.82, 2.24) is 19.4 Å². The molecule has 200 valence electrons. The minimum Gasteiger partial charge on any atom is -0.485 e. The summed E-state index contributed by atoms with van der Waals surface area (Å²) in [7, 11) is 0. The van der Waals surface area contributed by atoms with E-state index in [9.17, 15) is 23.5 Å². The molecular formula is C26H24ClF2IN4O4. The molecule has 0 aliphatic carbocycles. The number of aliphatic hydroxyl groups is 1. The number of ether oxygens (including phenoxy) is 1. The van der Waals surface area contributed by atoms with Crippen molar-refractivity contribution in [3.63, 3.8) is 0 Å². The molecular weight excluding hydrogens is 633 g/mol. The second kappa shape index (κ2) is 10.6. The first-order valence-corrected chi connectivity index (χ1v) is 12.9. The summed E-state index contributed by atoms with van der Waals surface area (Å²) in [5.74, 6) is -1.67. The van der Waals surface area contributed by atoms with Crippen LogP contribution in [0.1, 0.15) is 43.9 Å². The number of nitrogens with zero attached hydrogens (tertiary/aromatic N) is 3. The Kier molecular flexibility index (Phi) is 7.82. The fourth-order valence-electron chi connectivity index (χ4n) is 4.02. The highest BCUT2D eigenvalue weighted by Gasteiger charge is 2.26. The lowest BCUT2D eigenvalue weighted by Crippen LogP contribution is -2.38. The van der Waals surface area contributed by atoms with Gasteiger partial charge < -0.3 is 15.2 Å². The van der Waals surface area contributed by atoms with Crippen LogP contribution in [-0.4, -0.2) is 19.2 Å². The molecule has 4 heterocycles. The fraction of sp³-hybridized carbons (Fsp3) is 0.269. The normalized spacial score (nSPS) is 15.6. The average Bonchev–Trinajstić information content (AvgIpc) is 2.83. The van der Waals surface area contributed by atoms with Gasteiger partial charge in [0.25, 0.3) is 11.1 Å². The van der Waals surface area contributed by atoms with Gasteiger partial charge in [-0.2, -0.15) is 0 Å². The van der Waals surface area contributed by atoms with Crippen LogP contribution >= 0.6 is 34.2 Å². The molecule has 4 rings (SSSR count). The number of allylic oxidation sites excluding steroid dienone is 2. The van der Waals surface area contributed by atoms with Gasteiger partial charge >= 0.3 is 0 Å². The topological polar surface area (TPSA) is 98.4 Å². The monoisotopic (exact) mass is 656 g/mol. The van der Waals surface area contributed by atoms with Gasteiger partial charge in [0, 0.05) is 39.4 Å². The maximum absolute atomic E-state index is 13.9. The Morgan fingerprint density at radius 2 is 1.92 bits per heavy atom. The lowest BCUT2D eigenvalue weighted by molar-refractivity contribution is 0.0762. The van der Waals surface area contributed by atoms with Crippen LogP contribution in [0.15, 0.2) is 58.0 Å². The third kappa shape index (κ3) is 5.54. The predicted octanol–water partition coefficient (Wildman–Crippen LogP) is 4.60. The largest absolute Gasteiger partial charge is 0.485 e. The Balaban J connectivity index is 1.73. The van der Waals surface area contributed by atoms with Gasteiger partial charge in [-0.05, 0) is 68.0 Å². The van der Waals surface area contributed by atoms with Crippen LogP contribution in [0.3, 0.4) is 0 Å². The van der Waals surface area contributed by atoms with Crippen molar-refractivity contribution in [2.45, 2.75) is 46.1 Å². The van der Waals surface area contributed by atoms with E-state index in [0.717, 1.165) is 9.77 Å². The van der Waals surface area contributed by atoms with Crippen LogP contribution in [0.4, 0.5) is 8.78 Å². The Hall–Kier alpha value is -3.03. The molecule has 12 heteroatoms. The maximum Gasteiger partial charge on any atom is 0.277 e. The van der Waals surface area contributed by atoms with Crippen LogP contribution in [-0.2, 0) is 12.2 Å². The van der Waals surface area contributed by atoms with Gasteiger partial charge in [0.1, 0.15) is 35.1 Å². The molecule has 2 N–H and O–H groups in total. The molecule has 0 amide bonds. The van der Waals surface area contributed by atoms with E-state index in [1.165, 1.54) is 15.2 Å².